The fourth-order valence-electron chi connectivity index (χ4n) is 5.17. The number of nitrogen functional groups attached to an aromatic ring is 1. The van der Waals surface area contributed by atoms with Crippen LogP contribution in [0.25, 0.3) is 11.2 Å². The molecule has 1 atom stereocenters. The van der Waals surface area contributed by atoms with Gasteiger partial charge in [-0.2, -0.15) is 4.98 Å². The van der Waals surface area contributed by atoms with E-state index in [-0.39, 0.29) is 28.9 Å². The van der Waals surface area contributed by atoms with Crippen LogP contribution in [-0.2, 0) is 16.1 Å². The number of imidazole rings is 1. The molecule has 0 fully saturated rings. The molecule has 0 amide bonds. The smallest absolute Gasteiger partial charge is 0.305 e. The fraction of sp³-hybridized carbons (Fsp3) is 0.800. The Morgan fingerprint density at radius 3 is 2.05 bits per heavy atom. The zero-order chi connectivity index (χ0) is 27.6. The second-order valence-electron chi connectivity index (χ2n) is 11.4. The highest BCUT2D eigenvalue weighted by Crippen LogP contribution is 2.18. The minimum absolute atomic E-state index is 0.0691. The molecule has 0 aliphatic heterocycles. The number of carbonyl (C=O) groups excluding carboxylic acids is 1. The first kappa shape index (κ1) is 31.8. The Kier molecular flexibility index (Phi) is 15.8. The number of fused-ring (bicyclic) bond motifs is 1. The first-order valence-corrected chi connectivity index (χ1v) is 15.3. The Hall–Kier alpha value is -2.38. The molecule has 0 radical (unpaired) electrons. The number of nitrogens with one attached hydrogen (secondary N) is 1. The van der Waals surface area contributed by atoms with Crippen LogP contribution in [0.3, 0.4) is 0 Å². The van der Waals surface area contributed by atoms with E-state index in [0.29, 0.717) is 31.1 Å². The molecule has 8 nitrogen and oxygen atoms in total. The summed E-state index contributed by atoms with van der Waals surface area (Å²) in [6, 6.07) is 0. The van der Waals surface area contributed by atoms with Crippen LogP contribution in [0.2, 0.25) is 0 Å². The molecule has 2 rings (SSSR count). The molecular weight excluding hydrogens is 478 g/mol. The summed E-state index contributed by atoms with van der Waals surface area (Å²) in [5.41, 5.74) is 6.10. The Labute approximate surface area is 229 Å². The first-order valence-electron chi connectivity index (χ1n) is 15.3. The van der Waals surface area contributed by atoms with Gasteiger partial charge in [-0.3, -0.25) is 14.6 Å². The van der Waals surface area contributed by atoms with Crippen LogP contribution in [0.5, 0.6) is 0 Å². The Morgan fingerprint density at radius 2 is 1.50 bits per heavy atom. The highest BCUT2D eigenvalue weighted by molar-refractivity contribution is 5.70. The molecule has 0 aromatic carbocycles. The second-order valence-corrected chi connectivity index (χ2v) is 11.4. The van der Waals surface area contributed by atoms with E-state index >= 15 is 0 Å². The first-order chi connectivity index (χ1) is 18.4. The van der Waals surface area contributed by atoms with Gasteiger partial charge in [0.25, 0.3) is 5.56 Å². The average Bonchev–Trinajstić information content (AvgIpc) is 3.27. The third-order valence-electron chi connectivity index (χ3n) is 7.22. The molecule has 216 valence electrons. The van der Waals surface area contributed by atoms with Crippen LogP contribution in [0.1, 0.15) is 130 Å². The topological polar surface area (TPSA) is 116 Å². The van der Waals surface area contributed by atoms with Crippen molar-refractivity contribution >= 4 is 23.1 Å². The number of unbranched alkanes of at least 4 members (excludes halogenated alkanes) is 14. The van der Waals surface area contributed by atoms with Crippen LogP contribution < -0.4 is 11.3 Å². The quantitative estimate of drug-likeness (QED) is 0.123. The van der Waals surface area contributed by atoms with Crippen molar-refractivity contribution in [2.45, 2.75) is 136 Å². The number of hydrogen-bond donors (Lipinski definition) is 2. The Morgan fingerprint density at radius 1 is 0.947 bits per heavy atom. The normalized spacial score (nSPS) is 12.4. The average molecular weight is 532 g/mol. The number of anilines is 1. The summed E-state index contributed by atoms with van der Waals surface area (Å²) in [5, 5.41) is 0. The molecule has 0 bridgehead atoms. The number of ether oxygens (including phenoxy) is 1. The van der Waals surface area contributed by atoms with Crippen molar-refractivity contribution in [3.05, 3.63) is 16.7 Å². The number of nitrogens with zero attached hydrogens (tertiary/aromatic N) is 3. The maximum Gasteiger partial charge on any atom is 0.305 e. The van der Waals surface area contributed by atoms with E-state index in [1.165, 1.54) is 83.5 Å². The SMILES string of the molecule is CCCCCCCCCCCCCCCCCC(=O)OCC(CC(C)C)Cn1cnc2c(=O)[nH]c(N)nc21. The van der Waals surface area contributed by atoms with E-state index in [0.717, 1.165) is 19.3 Å². The van der Waals surface area contributed by atoms with Crippen molar-refractivity contribution in [3.8, 4) is 0 Å². The molecule has 0 aliphatic carbocycles. The molecule has 0 spiro atoms. The highest BCUT2D eigenvalue weighted by Gasteiger charge is 2.18. The van der Waals surface area contributed by atoms with Gasteiger partial charge in [0.1, 0.15) is 0 Å². The number of aromatic nitrogens is 4. The largest absolute Gasteiger partial charge is 0.465 e. The molecule has 2 aromatic rings. The molecule has 1 unspecified atom stereocenters. The van der Waals surface area contributed by atoms with Crippen LogP contribution in [-0.4, -0.2) is 32.1 Å². The predicted molar refractivity (Wildman–Crippen MR) is 156 cm³/mol. The van der Waals surface area contributed by atoms with Gasteiger partial charge in [0.15, 0.2) is 11.2 Å². The van der Waals surface area contributed by atoms with E-state index in [1.807, 2.05) is 4.57 Å². The molecule has 0 saturated carbocycles. The van der Waals surface area contributed by atoms with Crippen molar-refractivity contribution in [2.24, 2.45) is 11.8 Å². The molecular formula is C30H53N5O3. The summed E-state index contributed by atoms with van der Waals surface area (Å²) in [4.78, 5) is 35.3. The minimum atomic E-state index is -0.346. The Balaban J connectivity index is 1.55. The number of H-pyrrole nitrogens is 1. The lowest BCUT2D eigenvalue weighted by Crippen LogP contribution is -2.21. The van der Waals surface area contributed by atoms with Gasteiger partial charge in [0.05, 0.1) is 12.9 Å². The van der Waals surface area contributed by atoms with Crippen LogP contribution >= 0.6 is 0 Å². The summed E-state index contributed by atoms with van der Waals surface area (Å²) in [6.07, 6.45) is 22.6. The van der Waals surface area contributed by atoms with E-state index in [9.17, 15) is 9.59 Å². The molecule has 3 N–H and O–H groups in total. The molecule has 2 aromatic heterocycles. The Bertz CT molecular complexity index is 968. The second kappa shape index (κ2) is 18.8. The number of nitrogens with two attached hydrogens (primary N) is 1. The number of rotatable bonds is 22. The van der Waals surface area contributed by atoms with Crippen LogP contribution in [0.15, 0.2) is 11.1 Å². The lowest BCUT2D eigenvalue weighted by atomic mass is 9.97. The van der Waals surface area contributed by atoms with Gasteiger partial charge in [-0.15, -0.1) is 0 Å². The van der Waals surface area contributed by atoms with Gasteiger partial charge < -0.3 is 15.0 Å². The number of hydrogen-bond acceptors (Lipinski definition) is 6. The van der Waals surface area contributed by atoms with Gasteiger partial charge in [-0.05, 0) is 18.8 Å². The van der Waals surface area contributed by atoms with Gasteiger partial charge in [-0.25, -0.2) is 4.98 Å². The van der Waals surface area contributed by atoms with Crippen LogP contribution in [0, 0.1) is 11.8 Å². The van der Waals surface area contributed by atoms with Gasteiger partial charge in [0.2, 0.25) is 5.95 Å². The summed E-state index contributed by atoms with van der Waals surface area (Å²) in [6.45, 7) is 7.49. The number of carbonyl (C=O) groups is 1. The number of aromatic amines is 1. The van der Waals surface area contributed by atoms with Crippen molar-refractivity contribution in [1.29, 1.82) is 0 Å². The number of esters is 1. The van der Waals surface area contributed by atoms with E-state index in [1.54, 1.807) is 6.33 Å². The van der Waals surface area contributed by atoms with Gasteiger partial charge >= 0.3 is 5.97 Å². The van der Waals surface area contributed by atoms with Crippen LogP contribution in [0.4, 0.5) is 5.95 Å². The standard InChI is InChI=1S/C30H53N5O3/c1-4-5-6-7-8-9-10-11-12-13-14-15-16-17-18-19-26(36)38-22-25(20-24(2)3)21-35-23-32-27-28(35)33-30(31)34-29(27)37/h23-25H,4-22H2,1-3H3,(H3,31,33,34,37). The summed E-state index contributed by atoms with van der Waals surface area (Å²) in [7, 11) is 0. The third-order valence-corrected chi connectivity index (χ3v) is 7.22. The monoisotopic (exact) mass is 531 g/mol. The predicted octanol–water partition coefficient (Wildman–Crippen LogP) is 7.17. The summed E-state index contributed by atoms with van der Waals surface area (Å²) < 4.78 is 7.48. The molecule has 2 heterocycles. The van der Waals surface area contributed by atoms with Gasteiger partial charge in [0, 0.05) is 18.9 Å². The molecule has 8 heteroatoms. The lowest BCUT2D eigenvalue weighted by molar-refractivity contribution is -0.145. The van der Waals surface area contributed by atoms with E-state index < -0.39 is 0 Å². The zero-order valence-electron chi connectivity index (χ0n) is 24.3. The van der Waals surface area contributed by atoms with Crippen molar-refractivity contribution in [2.75, 3.05) is 12.3 Å². The highest BCUT2D eigenvalue weighted by atomic mass is 16.5. The maximum atomic E-state index is 12.4. The molecule has 0 aliphatic rings. The minimum Gasteiger partial charge on any atom is -0.465 e. The molecule has 38 heavy (non-hydrogen) atoms. The van der Waals surface area contributed by atoms with Gasteiger partial charge in [-0.1, -0.05) is 111 Å². The van der Waals surface area contributed by atoms with E-state index in [4.69, 9.17) is 10.5 Å². The van der Waals surface area contributed by atoms with Crippen molar-refractivity contribution in [3.63, 3.8) is 0 Å². The van der Waals surface area contributed by atoms with Crippen molar-refractivity contribution in [1.82, 2.24) is 19.5 Å². The third kappa shape index (κ3) is 12.9. The summed E-state index contributed by atoms with van der Waals surface area (Å²) >= 11 is 0. The van der Waals surface area contributed by atoms with E-state index in [2.05, 4.69) is 35.7 Å². The zero-order valence-corrected chi connectivity index (χ0v) is 24.3. The van der Waals surface area contributed by atoms with Crippen molar-refractivity contribution < 1.29 is 9.53 Å². The summed E-state index contributed by atoms with van der Waals surface area (Å²) in [5.74, 6) is 0.507. The maximum absolute atomic E-state index is 12.4. The fourth-order valence-corrected chi connectivity index (χ4v) is 5.17. The lowest BCUT2D eigenvalue weighted by Gasteiger charge is -2.19. The molecule has 0 saturated heterocycles.